The second-order valence-electron chi connectivity index (χ2n) is 4.17. The number of allylic oxidation sites excluding steroid dienone is 2. The van der Waals surface area contributed by atoms with Crippen LogP contribution in [0.25, 0.3) is 0 Å². The Hall–Kier alpha value is -1.06. The van der Waals surface area contributed by atoms with E-state index in [1.54, 1.807) is 0 Å². The predicted octanol–water partition coefficient (Wildman–Crippen LogP) is 1.14. The van der Waals surface area contributed by atoms with Gasteiger partial charge in [-0.3, -0.25) is 5.43 Å². The number of hydrogen-bond donors (Lipinski definition) is 1. The fraction of sp³-hybridized carbons (Fsp3) is 0.500. The molecule has 3 nitrogen and oxygen atoms in total. The lowest BCUT2D eigenvalue weighted by Crippen LogP contribution is -2.37. The van der Waals surface area contributed by atoms with Gasteiger partial charge >= 0.3 is 0 Å². The molecule has 0 amide bonds. The fourth-order valence-corrected chi connectivity index (χ4v) is 2.13. The van der Waals surface area contributed by atoms with Gasteiger partial charge < -0.3 is 4.90 Å². The number of fused-ring (bicyclic) bond motifs is 1. The van der Waals surface area contributed by atoms with E-state index in [1.165, 1.54) is 11.3 Å². The van der Waals surface area contributed by atoms with Gasteiger partial charge in [0.2, 0.25) is 0 Å². The molecule has 0 radical (unpaired) electrons. The third kappa shape index (κ3) is 1.98. The minimum atomic E-state index is 0.565. The highest BCUT2D eigenvalue weighted by Gasteiger charge is 2.27. The van der Waals surface area contributed by atoms with Gasteiger partial charge in [-0.25, -0.2) is 5.01 Å². The van der Waals surface area contributed by atoms with Crippen LogP contribution < -0.4 is 5.43 Å². The zero-order chi connectivity index (χ0) is 10.8. The molecule has 2 rings (SSSR count). The lowest BCUT2D eigenvalue weighted by Gasteiger charge is -2.28. The van der Waals surface area contributed by atoms with E-state index >= 15 is 0 Å². The van der Waals surface area contributed by atoms with Crippen molar-refractivity contribution in [3.05, 3.63) is 35.6 Å². The number of nitrogens with zero attached hydrogens (tertiary/aromatic N) is 2. The summed E-state index contributed by atoms with van der Waals surface area (Å²) < 4.78 is 0. The van der Waals surface area contributed by atoms with Gasteiger partial charge in [-0.1, -0.05) is 18.2 Å². The van der Waals surface area contributed by atoms with E-state index in [4.69, 9.17) is 0 Å². The third-order valence-corrected chi connectivity index (χ3v) is 3.20. The first-order chi connectivity index (χ1) is 7.22. The zero-order valence-electron chi connectivity index (χ0n) is 9.70. The summed E-state index contributed by atoms with van der Waals surface area (Å²) in [5.41, 5.74) is 5.95. The Morgan fingerprint density at radius 2 is 2.40 bits per heavy atom. The highest BCUT2D eigenvalue weighted by Crippen LogP contribution is 2.29. The van der Waals surface area contributed by atoms with Crippen molar-refractivity contribution < 1.29 is 0 Å². The van der Waals surface area contributed by atoms with Gasteiger partial charge in [0.15, 0.2) is 0 Å². The van der Waals surface area contributed by atoms with Crippen LogP contribution in [0.1, 0.15) is 6.42 Å². The fourth-order valence-electron chi connectivity index (χ4n) is 2.13. The van der Waals surface area contributed by atoms with E-state index in [9.17, 15) is 0 Å². The Labute approximate surface area is 91.7 Å². The summed E-state index contributed by atoms with van der Waals surface area (Å²) >= 11 is 0. The molecule has 0 saturated heterocycles. The molecule has 0 aromatic heterocycles. The highest BCUT2D eigenvalue weighted by molar-refractivity contribution is 5.41. The monoisotopic (exact) mass is 205 g/mol. The molecule has 0 aromatic rings. The summed E-state index contributed by atoms with van der Waals surface area (Å²) in [6.07, 6.45) is 10.1. The Morgan fingerprint density at radius 3 is 3.07 bits per heavy atom. The van der Waals surface area contributed by atoms with Gasteiger partial charge in [-0.15, -0.1) is 0 Å². The van der Waals surface area contributed by atoms with Crippen molar-refractivity contribution in [3.63, 3.8) is 0 Å². The van der Waals surface area contributed by atoms with Crippen LogP contribution in [0, 0.1) is 0 Å². The van der Waals surface area contributed by atoms with E-state index in [0.717, 1.165) is 13.0 Å². The number of hydrogen-bond acceptors (Lipinski definition) is 3. The molecule has 15 heavy (non-hydrogen) atoms. The molecule has 1 atom stereocenters. The summed E-state index contributed by atoms with van der Waals surface area (Å²) in [6.45, 7) is 0.945. The maximum Gasteiger partial charge on any atom is 0.0571 e. The molecule has 0 spiro atoms. The van der Waals surface area contributed by atoms with Crippen molar-refractivity contribution in [2.24, 2.45) is 0 Å². The molecule has 1 unspecified atom stereocenters. The molecule has 0 aromatic carbocycles. The molecular formula is C12H19N3. The van der Waals surface area contributed by atoms with E-state index in [0.29, 0.717) is 6.04 Å². The summed E-state index contributed by atoms with van der Waals surface area (Å²) in [4.78, 5) is 2.38. The average Bonchev–Trinajstić information content (AvgIpc) is 2.57. The second-order valence-corrected chi connectivity index (χ2v) is 4.17. The standard InChI is InChI=1S/C12H19N3/c1-13-14(2)9-11-8-10-6-4-5-7-12(10)15(11)3/h4-6,8,12-13H,7,9H2,1-3H3. The van der Waals surface area contributed by atoms with Gasteiger partial charge in [0, 0.05) is 19.8 Å². The molecule has 0 bridgehead atoms. The number of rotatable bonds is 3. The largest absolute Gasteiger partial charge is 0.369 e. The van der Waals surface area contributed by atoms with Crippen molar-refractivity contribution >= 4 is 0 Å². The summed E-state index contributed by atoms with van der Waals surface area (Å²) in [7, 11) is 6.19. The highest BCUT2D eigenvalue weighted by atomic mass is 15.5. The summed E-state index contributed by atoms with van der Waals surface area (Å²) in [6, 6.07) is 0.565. The van der Waals surface area contributed by atoms with Crippen molar-refractivity contribution in [2.75, 3.05) is 27.7 Å². The quantitative estimate of drug-likeness (QED) is 0.697. The molecule has 82 valence electrons. The van der Waals surface area contributed by atoms with Gasteiger partial charge in [0.1, 0.15) is 0 Å². The van der Waals surface area contributed by atoms with Crippen molar-refractivity contribution in [1.29, 1.82) is 0 Å². The van der Waals surface area contributed by atoms with Gasteiger partial charge in [-0.2, -0.15) is 0 Å². The SMILES string of the molecule is CNN(C)CC1=CC2=CC=CCC2N1C. The van der Waals surface area contributed by atoms with Crippen LogP contribution in [0.15, 0.2) is 35.6 Å². The number of nitrogens with one attached hydrogen (secondary N) is 1. The molecule has 1 aliphatic carbocycles. The van der Waals surface area contributed by atoms with E-state index < -0.39 is 0 Å². The van der Waals surface area contributed by atoms with Gasteiger partial charge in [0.05, 0.1) is 12.6 Å². The van der Waals surface area contributed by atoms with Gasteiger partial charge in [0.25, 0.3) is 0 Å². The van der Waals surface area contributed by atoms with Crippen LogP contribution in [-0.4, -0.2) is 43.6 Å². The first-order valence-electron chi connectivity index (χ1n) is 5.41. The van der Waals surface area contributed by atoms with Crippen molar-refractivity contribution in [1.82, 2.24) is 15.3 Å². The molecule has 1 aliphatic heterocycles. The topological polar surface area (TPSA) is 18.5 Å². The third-order valence-electron chi connectivity index (χ3n) is 3.20. The van der Waals surface area contributed by atoms with E-state index in [1.807, 2.05) is 7.05 Å². The van der Waals surface area contributed by atoms with E-state index in [2.05, 4.69) is 53.7 Å². The lowest BCUT2D eigenvalue weighted by atomic mass is 10.0. The molecule has 3 heteroatoms. The Morgan fingerprint density at radius 1 is 1.60 bits per heavy atom. The molecule has 0 fully saturated rings. The number of likely N-dealkylation sites (N-methyl/N-ethyl adjacent to an activating group) is 2. The average molecular weight is 205 g/mol. The van der Waals surface area contributed by atoms with Crippen LogP contribution >= 0.6 is 0 Å². The predicted molar refractivity (Wildman–Crippen MR) is 63.2 cm³/mol. The van der Waals surface area contributed by atoms with Gasteiger partial charge in [-0.05, 0) is 25.1 Å². The number of hydrazine groups is 1. The van der Waals surface area contributed by atoms with Crippen LogP contribution in [-0.2, 0) is 0 Å². The van der Waals surface area contributed by atoms with E-state index in [-0.39, 0.29) is 0 Å². The van der Waals surface area contributed by atoms with Crippen LogP contribution in [0.4, 0.5) is 0 Å². The first kappa shape index (κ1) is 10.5. The Kier molecular flexibility index (Phi) is 2.93. The second kappa shape index (κ2) is 4.21. The maximum atomic E-state index is 3.12. The summed E-state index contributed by atoms with van der Waals surface area (Å²) in [5, 5.41) is 2.09. The molecule has 0 saturated carbocycles. The maximum absolute atomic E-state index is 3.12. The minimum Gasteiger partial charge on any atom is -0.369 e. The smallest absolute Gasteiger partial charge is 0.0571 e. The molecule has 1 heterocycles. The summed E-state index contributed by atoms with van der Waals surface area (Å²) in [5.74, 6) is 0. The van der Waals surface area contributed by atoms with Crippen molar-refractivity contribution in [3.8, 4) is 0 Å². The van der Waals surface area contributed by atoms with Crippen LogP contribution in [0.3, 0.4) is 0 Å². The van der Waals surface area contributed by atoms with Crippen LogP contribution in [0.5, 0.6) is 0 Å². The van der Waals surface area contributed by atoms with Crippen LogP contribution in [0.2, 0.25) is 0 Å². The Bertz CT molecular complexity index is 328. The molecule has 1 N–H and O–H groups in total. The zero-order valence-corrected chi connectivity index (χ0v) is 9.70. The normalized spacial score (nSPS) is 24.3. The minimum absolute atomic E-state index is 0.565. The first-order valence-corrected chi connectivity index (χ1v) is 5.41. The molecular weight excluding hydrogens is 186 g/mol. The Balaban J connectivity index is 2.11. The van der Waals surface area contributed by atoms with Crippen molar-refractivity contribution in [2.45, 2.75) is 12.5 Å². The lowest BCUT2D eigenvalue weighted by molar-refractivity contribution is 0.246. The molecule has 2 aliphatic rings.